The van der Waals surface area contributed by atoms with Gasteiger partial charge < -0.3 is 0 Å². The van der Waals surface area contributed by atoms with Crippen molar-refractivity contribution < 1.29 is 31.9 Å². The number of rotatable bonds is 0. The van der Waals surface area contributed by atoms with Crippen molar-refractivity contribution in [1.29, 1.82) is 0 Å². The van der Waals surface area contributed by atoms with Crippen LogP contribution in [0.25, 0.3) is 0 Å². The number of hydrogen-bond donors (Lipinski definition) is 0. The first-order valence-corrected chi connectivity index (χ1v) is 20.1. The van der Waals surface area contributed by atoms with Gasteiger partial charge in [-0.15, -0.1) is 0 Å². The Morgan fingerprint density at radius 3 is 1.40 bits per heavy atom. The fourth-order valence-electron chi connectivity index (χ4n) is 0. The first-order valence-electron chi connectivity index (χ1n) is 0.823. The second kappa shape index (κ2) is 16.0. The zero-order valence-electron chi connectivity index (χ0n) is 2.58. The van der Waals surface area contributed by atoms with Crippen molar-refractivity contribution in [2.45, 2.75) is 0 Å². The van der Waals surface area contributed by atoms with Crippen molar-refractivity contribution in [3.8, 4) is 0 Å². The number of halogens is 2. The summed E-state index contributed by atoms with van der Waals surface area (Å²) < 4.78 is 8.38. The summed E-state index contributed by atoms with van der Waals surface area (Å²) in [7, 11) is 0.0650. The van der Waals surface area contributed by atoms with Gasteiger partial charge in [0.1, 0.15) is 0 Å². The van der Waals surface area contributed by atoms with E-state index in [1.165, 1.54) is 0 Å². The van der Waals surface area contributed by atoms with E-state index in [1.807, 2.05) is 0 Å². The van der Waals surface area contributed by atoms with Crippen LogP contribution in [-0.4, -0.2) is 0 Å². The molecular weight excluding hydrogens is 401 g/mol. The van der Waals surface area contributed by atoms with Crippen LogP contribution in [0, 0.1) is 0 Å². The quantitative estimate of drug-likeness (QED) is 0.446. The van der Waals surface area contributed by atoms with Crippen molar-refractivity contribution in [3.05, 3.63) is 0 Å². The molecule has 0 saturated heterocycles. The number of hydrogen-bond acceptors (Lipinski definition) is 1. The van der Waals surface area contributed by atoms with Crippen LogP contribution in [0.1, 0.15) is 0 Å². The first kappa shape index (κ1) is 10.5. The van der Waals surface area contributed by atoms with E-state index in [0.717, 1.165) is 0 Å². The molecule has 5 heavy (non-hydrogen) atoms. The van der Waals surface area contributed by atoms with Gasteiger partial charge in [0.2, 0.25) is 0 Å². The van der Waals surface area contributed by atoms with Crippen LogP contribution >= 0.6 is 39.5 Å². The van der Waals surface area contributed by atoms with Crippen LogP contribution in [0.5, 0.6) is 0 Å². The summed E-state index contributed by atoms with van der Waals surface area (Å²) in [6, 6.07) is 0. The van der Waals surface area contributed by atoms with Gasteiger partial charge in [0, 0.05) is 0 Å². The molecule has 0 spiro atoms. The van der Waals surface area contributed by atoms with Gasteiger partial charge in [0.15, 0.2) is 0 Å². The average Bonchev–Trinajstić information content (AvgIpc) is 1.46. The molecule has 0 radical (unpaired) electrons. The zero-order chi connectivity index (χ0) is 4.71. The summed E-state index contributed by atoms with van der Waals surface area (Å²) in [6.45, 7) is 0. The predicted molar refractivity (Wildman–Crippen MR) is 28.7 cm³/mol. The van der Waals surface area contributed by atoms with Crippen LogP contribution in [0.2, 0.25) is 0 Å². The van der Waals surface area contributed by atoms with Crippen LogP contribution < -0.4 is 0 Å². The average molecular weight is 401 g/mol. The van der Waals surface area contributed by atoms with E-state index < -0.39 is 0 Å². The summed E-state index contributed by atoms with van der Waals surface area (Å²) in [5, 5.41) is 0. The molecule has 1 nitrogen and oxygen atoms in total. The first-order chi connectivity index (χ1) is 2.41. The molecule has 0 aromatic heterocycles. The molecule has 0 atom stereocenters. The summed E-state index contributed by atoms with van der Waals surface area (Å²) >= 11 is 5.05. The maximum absolute atomic E-state index is 8.38. The minimum atomic E-state index is 0.0650. The van der Waals surface area contributed by atoms with Gasteiger partial charge in [0.05, 0.1) is 0 Å². The molecule has 0 fully saturated rings. The Hall–Kier alpha value is 2.51. The van der Waals surface area contributed by atoms with Crippen LogP contribution in [-0.2, 0) is 31.9 Å². The molecule has 0 heterocycles. The Labute approximate surface area is 69.9 Å². The second-order valence-corrected chi connectivity index (χ2v) is 23.6. The molecule has 0 aliphatic heterocycles. The summed E-state index contributed by atoms with van der Waals surface area (Å²) in [4.78, 5) is 0. The van der Waals surface area contributed by atoms with Gasteiger partial charge >= 0.3 is 71.4 Å². The molecular formula is I2OZn2. The molecule has 0 saturated carbocycles. The van der Waals surface area contributed by atoms with Gasteiger partial charge in [-0.1, -0.05) is 0 Å². The third-order valence-corrected chi connectivity index (χ3v) is 0. The summed E-state index contributed by atoms with van der Waals surface area (Å²) in [6.07, 6.45) is 0. The fourth-order valence-corrected chi connectivity index (χ4v) is 0. The standard InChI is InChI=1S/2HI.O.2Zn/h2*1H;;;/q;;;;+2/p-2. The third-order valence-electron chi connectivity index (χ3n) is 0. The molecule has 0 unspecified atom stereocenters. The Bertz CT molecular complexity index is 11.6. The molecule has 5 heteroatoms. The van der Waals surface area contributed by atoms with E-state index in [-0.39, 0.29) is 28.4 Å². The summed E-state index contributed by atoms with van der Waals surface area (Å²) in [5.41, 5.74) is 0. The molecule has 0 aromatic rings. The van der Waals surface area contributed by atoms with E-state index in [4.69, 9.17) is 3.57 Å². The molecule has 24 valence electrons. The third kappa shape index (κ3) is 21.0. The predicted octanol–water partition coefficient (Wildman–Crippen LogP) is 1.65. The molecule has 0 aliphatic rings. The van der Waals surface area contributed by atoms with Crippen molar-refractivity contribution in [2.75, 3.05) is 0 Å². The van der Waals surface area contributed by atoms with E-state index in [2.05, 4.69) is 39.5 Å². The van der Waals surface area contributed by atoms with Crippen molar-refractivity contribution in [3.63, 3.8) is 0 Å². The molecule has 0 amide bonds. The van der Waals surface area contributed by atoms with E-state index in [9.17, 15) is 0 Å². The van der Waals surface area contributed by atoms with Crippen LogP contribution in [0.15, 0.2) is 0 Å². The second-order valence-electron chi connectivity index (χ2n) is 0.101. The van der Waals surface area contributed by atoms with Crippen LogP contribution in [0.4, 0.5) is 0 Å². The SMILES string of the molecule is [I][Zn][I].[O]=[Zn]. The molecule has 0 aliphatic carbocycles. The Morgan fingerprint density at radius 2 is 1.40 bits per heavy atom. The minimum absolute atomic E-state index is 0.0650. The molecule has 0 bridgehead atoms. The van der Waals surface area contributed by atoms with Crippen molar-refractivity contribution in [2.24, 2.45) is 0 Å². The zero-order valence-corrected chi connectivity index (χ0v) is 12.8. The van der Waals surface area contributed by atoms with Gasteiger partial charge in [-0.05, 0) is 0 Å². The molecule has 0 N–H and O–H groups in total. The Morgan fingerprint density at radius 1 is 1.40 bits per heavy atom. The van der Waals surface area contributed by atoms with Crippen molar-refractivity contribution in [1.82, 2.24) is 0 Å². The summed E-state index contributed by atoms with van der Waals surface area (Å²) in [5.74, 6) is 0. The topological polar surface area (TPSA) is 17.1 Å². The maximum atomic E-state index is 8.38. The Balaban J connectivity index is 0. The van der Waals surface area contributed by atoms with E-state index in [0.29, 0.717) is 0 Å². The fraction of sp³-hybridized carbons (Fsp3) is 0. The molecule has 0 aromatic carbocycles. The van der Waals surface area contributed by atoms with Crippen LogP contribution in [0.3, 0.4) is 0 Å². The Kier molecular flexibility index (Phi) is 33.6. The normalized spacial score (nSPS) is 3.20. The monoisotopic (exact) mass is 398 g/mol. The van der Waals surface area contributed by atoms with E-state index in [1.54, 1.807) is 0 Å². The van der Waals surface area contributed by atoms with Gasteiger partial charge in [-0.3, -0.25) is 0 Å². The van der Waals surface area contributed by atoms with Gasteiger partial charge in [-0.2, -0.15) is 0 Å². The molecule has 0 rings (SSSR count). The van der Waals surface area contributed by atoms with Gasteiger partial charge in [-0.25, -0.2) is 0 Å². The van der Waals surface area contributed by atoms with Crippen molar-refractivity contribution >= 4 is 39.5 Å². The van der Waals surface area contributed by atoms with E-state index >= 15 is 0 Å². The van der Waals surface area contributed by atoms with Gasteiger partial charge in [0.25, 0.3) is 0 Å².